The zero-order chi connectivity index (χ0) is 20.5. The van der Waals surface area contributed by atoms with Crippen molar-refractivity contribution in [1.29, 1.82) is 0 Å². The van der Waals surface area contributed by atoms with Gasteiger partial charge < -0.3 is 24.9 Å². The zero-order valence-corrected chi connectivity index (χ0v) is 19.4. The van der Waals surface area contributed by atoms with Crippen molar-refractivity contribution in [3.8, 4) is 11.3 Å². The van der Waals surface area contributed by atoms with Gasteiger partial charge in [0.15, 0.2) is 11.7 Å². The van der Waals surface area contributed by atoms with E-state index in [1.807, 2.05) is 55.4 Å². The Morgan fingerprint density at radius 3 is 2.70 bits per heavy atom. The van der Waals surface area contributed by atoms with E-state index < -0.39 is 0 Å². The molecule has 8 nitrogen and oxygen atoms in total. The van der Waals surface area contributed by atoms with Crippen molar-refractivity contribution < 1.29 is 9.21 Å². The number of hydrogen-bond donors (Lipinski definition) is 3. The van der Waals surface area contributed by atoms with Gasteiger partial charge in [-0.15, -0.1) is 24.0 Å². The first-order valence-corrected chi connectivity index (χ1v) is 9.58. The summed E-state index contributed by atoms with van der Waals surface area (Å²) in [6, 6.07) is 13.4. The molecule has 0 aliphatic heterocycles. The minimum absolute atomic E-state index is 0. The van der Waals surface area contributed by atoms with Gasteiger partial charge in [0, 0.05) is 20.1 Å². The highest BCUT2D eigenvalue weighted by atomic mass is 127. The number of aromatic amines is 1. The van der Waals surface area contributed by atoms with E-state index in [0.29, 0.717) is 25.4 Å². The van der Waals surface area contributed by atoms with Crippen LogP contribution in [0.3, 0.4) is 0 Å². The molecule has 0 atom stereocenters. The van der Waals surface area contributed by atoms with Gasteiger partial charge in [0.2, 0.25) is 0 Å². The van der Waals surface area contributed by atoms with Gasteiger partial charge >= 0.3 is 0 Å². The number of hydrogen-bond acceptors (Lipinski definition) is 4. The number of furan rings is 1. The van der Waals surface area contributed by atoms with E-state index in [0.717, 1.165) is 29.6 Å². The van der Waals surface area contributed by atoms with Crippen molar-refractivity contribution >= 4 is 35.8 Å². The lowest BCUT2D eigenvalue weighted by atomic mass is 10.2. The van der Waals surface area contributed by atoms with Crippen molar-refractivity contribution in [2.45, 2.75) is 13.5 Å². The summed E-state index contributed by atoms with van der Waals surface area (Å²) in [5.41, 5.74) is 2.08. The van der Waals surface area contributed by atoms with Crippen molar-refractivity contribution in [2.75, 3.05) is 26.7 Å². The van der Waals surface area contributed by atoms with Crippen LogP contribution in [-0.2, 0) is 6.54 Å². The lowest BCUT2D eigenvalue weighted by Gasteiger charge is -2.21. The number of H-pyrrole nitrogens is 1. The normalized spacial score (nSPS) is 10.9. The standard InChI is InChI=1S/C21H26N6O2.HI/c1-3-22-21(24-12-11-23-20(28)18-10-7-13-29-18)27(2)15-19-25-14-17(26-19)16-8-5-4-6-9-16;/h4-10,13-14H,3,11-12,15H2,1-2H3,(H,22,24)(H,23,28)(H,25,26);1H. The number of guanidine groups is 1. The number of aliphatic imine (C=N–C) groups is 1. The minimum atomic E-state index is -0.243. The van der Waals surface area contributed by atoms with E-state index in [-0.39, 0.29) is 29.9 Å². The molecule has 0 aliphatic rings. The Morgan fingerprint density at radius 2 is 2.00 bits per heavy atom. The van der Waals surface area contributed by atoms with Gasteiger partial charge in [-0.3, -0.25) is 9.79 Å². The molecule has 0 fully saturated rings. The molecule has 3 N–H and O–H groups in total. The summed E-state index contributed by atoms with van der Waals surface area (Å²) in [6.07, 6.45) is 3.32. The number of benzene rings is 1. The molecule has 9 heteroatoms. The Labute approximate surface area is 193 Å². The van der Waals surface area contributed by atoms with Gasteiger partial charge in [0.05, 0.1) is 31.2 Å². The van der Waals surface area contributed by atoms with Crippen LogP contribution in [0.2, 0.25) is 0 Å². The summed E-state index contributed by atoms with van der Waals surface area (Å²) in [4.78, 5) is 26.3. The smallest absolute Gasteiger partial charge is 0.287 e. The van der Waals surface area contributed by atoms with Crippen LogP contribution < -0.4 is 10.6 Å². The maximum Gasteiger partial charge on any atom is 0.287 e. The van der Waals surface area contributed by atoms with Gasteiger partial charge in [0.1, 0.15) is 5.82 Å². The summed E-state index contributed by atoms with van der Waals surface area (Å²) < 4.78 is 5.07. The Bertz CT molecular complexity index is 924. The van der Waals surface area contributed by atoms with E-state index in [2.05, 4.69) is 25.6 Å². The van der Waals surface area contributed by atoms with E-state index >= 15 is 0 Å². The predicted molar refractivity (Wildman–Crippen MR) is 128 cm³/mol. The first kappa shape index (κ1) is 23.5. The molecule has 1 amide bonds. The zero-order valence-electron chi connectivity index (χ0n) is 17.1. The number of halogens is 1. The highest BCUT2D eigenvalue weighted by Crippen LogP contribution is 2.16. The molecular formula is C21H27IN6O2. The number of nitrogens with zero attached hydrogens (tertiary/aromatic N) is 3. The molecule has 0 aliphatic carbocycles. The molecule has 0 unspecified atom stereocenters. The fraction of sp³-hybridized carbons (Fsp3) is 0.286. The molecule has 0 bridgehead atoms. The minimum Gasteiger partial charge on any atom is -0.459 e. The molecule has 3 rings (SSSR count). The summed E-state index contributed by atoms with van der Waals surface area (Å²) in [5, 5.41) is 6.05. The lowest BCUT2D eigenvalue weighted by molar-refractivity contribution is 0.0927. The van der Waals surface area contributed by atoms with Crippen LogP contribution in [0.1, 0.15) is 23.3 Å². The van der Waals surface area contributed by atoms with Crippen molar-refractivity contribution in [3.05, 3.63) is 66.5 Å². The molecule has 1 aromatic carbocycles. The van der Waals surface area contributed by atoms with Crippen LogP contribution in [0, 0.1) is 0 Å². The van der Waals surface area contributed by atoms with Crippen LogP contribution in [0.4, 0.5) is 0 Å². The molecule has 30 heavy (non-hydrogen) atoms. The summed E-state index contributed by atoms with van der Waals surface area (Å²) in [5.74, 6) is 1.65. The second kappa shape index (κ2) is 12.0. The lowest BCUT2D eigenvalue weighted by Crippen LogP contribution is -2.39. The maximum absolute atomic E-state index is 11.9. The molecule has 160 valence electrons. The number of rotatable bonds is 8. The monoisotopic (exact) mass is 522 g/mol. The third kappa shape index (κ3) is 6.61. The summed E-state index contributed by atoms with van der Waals surface area (Å²) in [7, 11) is 1.95. The topological polar surface area (TPSA) is 98.5 Å². The molecule has 2 aromatic heterocycles. The largest absolute Gasteiger partial charge is 0.459 e. The number of aromatic nitrogens is 2. The van der Waals surface area contributed by atoms with Gasteiger partial charge in [-0.1, -0.05) is 30.3 Å². The number of nitrogens with one attached hydrogen (secondary N) is 3. The van der Waals surface area contributed by atoms with E-state index in [1.54, 1.807) is 12.1 Å². The van der Waals surface area contributed by atoms with Crippen LogP contribution in [0.15, 0.2) is 64.3 Å². The number of carbonyl (C=O) groups is 1. The molecule has 0 radical (unpaired) electrons. The number of carbonyl (C=O) groups excluding carboxylic acids is 1. The SMILES string of the molecule is CCNC(=NCCNC(=O)c1ccco1)N(C)Cc1ncc(-c2ccccc2)[nH]1.I. The highest BCUT2D eigenvalue weighted by molar-refractivity contribution is 14.0. The fourth-order valence-electron chi connectivity index (χ4n) is 2.80. The molecule has 0 saturated carbocycles. The van der Waals surface area contributed by atoms with Crippen molar-refractivity contribution in [2.24, 2.45) is 4.99 Å². The molecule has 0 spiro atoms. The maximum atomic E-state index is 11.9. The average Bonchev–Trinajstić information content (AvgIpc) is 3.43. The Kier molecular flexibility index (Phi) is 9.39. The average molecular weight is 522 g/mol. The van der Waals surface area contributed by atoms with Crippen LogP contribution in [0.5, 0.6) is 0 Å². The molecule has 2 heterocycles. The van der Waals surface area contributed by atoms with Crippen molar-refractivity contribution in [1.82, 2.24) is 25.5 Å². The Hall–Kier alpha value is -2.82. The van der Waals surface area contributed by atoms with Gasteiger partial charge in [-0.05, 0) is 24.6 Å². The van der Waals surface area contributed by atoms with Gasteiger partial charge in [-0.25, -0.2) is 4.98 Å². The Balaban J connectivity index is 0.00000320. The third-order valence-corrected chi connectivity index (χ3v) is 4.20. The predicted octanol–water partition coefficient (Wildman–Crippen LogP) is 3.12. The quantitative estimate of drug-likeness (QED) is 0.183. The second-order valence-electron chi connectivity index (χ2n) is 6.43. The molecule has 3 aromatic rings. The second-order valence-corrected chi connectivity index (χ2v) is 6.43. The van der Waals surface area contributed by atoms with Crippen LogP contribution in [-0.4, -0.2) is 53.4 Å². The Morgan fingerprint density at radius 1 is 1.20 bits per heavy atom. The third-order valence-electron chi connectivity index (χ3n) is 4.20. The summed E-state index contributed by atoms with van der Waals surface area (Å²) >= 11 is 0. The van der Waals surface area contributed by atoms with Crippen molar-refractivity contribution in [3.63, 3.8) is 0 Å². The number of imidazole rings is 1. The molecular weight excluding hydrogens is 495 g/mol. The van der Waals surface area contributed by atoms with Gasteiger partial charge in [-0.2, -0.15) is 0 Å². The van der Waals surface area contributed by atoms with Crippen LogP contribution in [0.25, 0.3) is 11.3 Å². The van der Waals surface area contributed by atoms with Crippen LogP contribution >= 0.6 is 24.0 Å². The van der Waals surface area contributed by atoms with E-state index in [9.17, 15) is 4.79 Å². The molecule has 0 saturated heterocycles. The first-order chi connectivity index (χ1) is 14.2. The first-order valence-electron chi connectivity index (χ1n) is 9.58. The fourth-order valence-corrected chi connectivity index (χ4v) is 2.80. The van der Waals surface area contributed by atoms with E-state index in [4.69, 9.17) is 4.42 Å². The van der Waals surface area contributed by atoms with E-state index in [1.165, 1.54) is 6.26 Å². The number of amides is 1. The highest BCUT2D eigenvalue weighted by Gasteiger charge is 2.10. The summed E-state index contributed by atoms with van der Waals surface area (Å²) in [6.45, 7) is 4.21. The van der Waals surface area contributed by atoms with Gasteiger partial charge in [0.25, 0.3) is 5.91 Å².